The number of benzene rings is 1. The van der Waals surface area contributed by atoms with Crippen LogP contribution in [0.1, 0.15) is 30.3 Å². The summed E-state index contributed by atoms with van der Waals surface area (Å²) in [5.41, 5.74) is 2.75. The zero-order chi connectivity index (χ0) is 13.1. The quantitative estimate of drug-likeness (QED) is 0.822. The molecule has 0 N–H and O–H groups in total. The van der Waals surface area contributed by atoms with Gasteiger partial charge in [-0.05, 0) is 30.0 Å². The van der Waals surface area contributed by atoms with Crippen LogP contribution in [-0.2, 0) is 25.8 Å². The van der Waals surface area contributed by atoms with Crippen molar-refractivity contribution in [2.45, 2.75) is 39.2 Å². The summed E-state index contributed by atoms with van der Waals surface area (Å²) in [4.78, 5) is 4.42. The van der Waals surface area contributed by atoms with E-state index in [0.717, 1.165) is 44.6 Å². The lowest BCUT2D eigenvalue weighted by atomic mass is 10.1. The molecule has 1 aromatic carbocycles. The molecular weight excluding hydrogens is 236 g/mol. The van der Waals surface area contributed by atoms with Crippen molar-refractivity contribution in [2.24, 2.45) is 0 Å². The van der Waals surface area contributed by atoms with Gasteiger partial charge in [-0.2, -0.15) is 0 Å². The molecule has 0 aliphatic carbocycles. The lowest BCUT2D eigenvalue weighted by Crippen LogP contribution is -2.05. The van der Waals surface area contributed by atoms with E-state index in [9.17, 15) is 0 Å². The van der Waals surface area contributed by atoms with E-state index < -0.39 is 0 Å². The van der Waals surface area contributed by atoms with Gasteiger partial charge < -0.3 is 9.30 Å². The van der Waals surface area contributed by atoms with Gasteiger partial charge in [-0.25, -0.2) is 4.98 Å². The minimum atomic E-state index is 0.834. The van der Waals surface area contributed by atoms with Crippen LogP contribution in [0.5, 0.6) is 5.75 Å². The van der Waals surface area contributed by atoms with Crippen LogP contribution < -0.4 is 4.74 Å². The number of aryl methyl sites for hydroxylation is 3. The zero-order valence-corrected chi connectivity index (χ0v) is 11.4. The molecule has 3 nitrogen and oxygen atoms in total. The van der Waals surface area contributed by atoms with Crippen molar-refractivity contribution >= 4 is 0 Å². The summed E-state index contributed by atoms with van der Waals surface area (Å²) in [6.45, 7) is 4.04. The predicted octanol–water partition coefficient (Wildman–Crippen LogP) is 3.01. The van der Waals surface area contributed by atoms with Gasteiger partial charge in [-0.1, -0.05) is 19.1 Å². The van der Waals surface area contributed by atoms with Gasteiger partial charge >= 0.3 is 0 Å². The minimum Gasteiger partial charge on any atom is -0.493 e. The van der Waals surface area contributed by atoms with Gasteiger partial charge in [0.15, 0.2) is 0 Å². The Labute approximate surface area is 114 Å². The van der Waals surface area contributed by atoms with Crippen molar-refractivity contribution in [1.82, 2.24) is 9.55 Å². The number of aromatic nitrogens is 2. The van der Waals surface area contributed by atoms with Crippen molar-refractivity contribution in [2.75, 3.05) is 6.61 Å². The molecule has 3 heteroatoms. The molecule has 1 aliphatic heterocycles. The van der Waals surface area contributed by atoms with Crippen LogP contribution in [0.15, 0.2) is 30.6 Å². The van der Waals surface area contributed by atoms with Crippen LogP contribution in [-0.4, -0.2) is 16.2 Å². The Kier molecular flexibility index (Phi) is 3.53. The van der Waals surface area contributed by atoms with Crippen molar-refractivity contribution in [3.8, 4) is 5.75 Å². The second kappa shape index (κ2) is 5.47. The second-order valence-corrected chi connectivity index (χ2v) is 5.08. The van der Waals surface area contributed by atoms with Gasteiger partial charge in [-0.15, -0.1) is 0 Å². The molecule has 0 saturated carbocycles. The Balaban J connectivity index is 1.67. The standard InChI is InChI=1S/C16H20N2O/c1-2-3-16-17-8-10-18(16)9-6-13-4-5-15-14(12-13)7-11-19-15/h4-5,8,10,12H,2-3,6-7,9,11H2,1H3. The van der Waals surface area contributed by atoms with Crippen molar-refractivity contribution in [3.63, 3.8) is 0 Å². The molecule has 0 fully saturated rings. The lowest BCUT2D eigenvalue weighted by Gasteiger charge is -2.08. The molecule has 0 unspecified atom stereocenters. The first kappa shape index (κ1) is 12.3. The molecule has 2 aromatic rings. The van der Waals surface area contributed by atoms with Crippen molar-refractivity contribution in [3.05, 3.63) is 47.5 Å². The van der Waals surface area contributed by atoms with Crippen LogP contribution in [0, 0.1) is 0 Å². The molecule has 1 aliphatic rings. The maximum Gasteiger partial charge on any atom is 0.122 e. The monoisotopic (exact) mass is 256 g/mol. The van der Waals surface area contributed by atoms with Crippen molar-refractivity contribution < 1.29 is 4.74 Å². The minimum absolute atomic E-state index is 0.834. The van der Waals surface area contributed by atoms with Gasteiger partial charge in [0.05, 0.1) is 6.61 Å². The highest BCUT2D eigenvalue weighted by Crippen LogP contribution is 2.26. The first-order chi connectivity index (χ1) is 9.36. The van der Waals surface area contributed by atoms with E-state index in [4.69, 9.17) is 4.74 Å². The summed E-state index contributed by atoms with van der Waals surface area (Å²) in [7, 11) is 0. The third-order valence-electron chi connectivity index (χ3n) is 3.67. The fraction of sp³-hybridized carbons (Fsp3) is 0.438. The summed E-state index contributed by atoms with van der Waals surface area (Å²) in [5.74, 6) is 2.27. The number of nitrogens with zero attached hydrogens (tertiary/aromatic N) is 2. The van der Waals surface area contributed by atoms with E-state index in [2.05, 4.69) is 40.9 Å². The summed E-state index contributed by atoms with van der Waals surface area (Å²) in [6, 6.07) is 6.58. The Morgan fingerprint density at radius 3 is 3.16 bits per heavy atom. The SMILES string of the molecule is CCCc1nccn1CCc1ccc2c(c1)CCO2. The van der Waals surface area contributed by atoms with Gasteiger partial charge in [0.2, 0.25) is 0 Å². The molecule has 3 rings (SSSR count). The van der Waals surface area contributed by atoms with Gasteiger partial charge in [0, 0.05) is 31.8 Å². The molecule has 0 saturated heterocycles. The number of hydrogen-bond acceptors (Lipinski definition) is 2. The highest BCUT2D eigenvalue weighted by molar-refractivity contribution is 5.39. The largest absolute Gasteiger partial charge is 0.493 e. The van der Waals surface area contributed by atoms with E-state index in [-0.39, 0.29) is 0 Å². The maximum atomic E-state index is 5.54. The van der Waals surface area contributed by atoms with Crippen LogP contribution in [0.4, 0.5) is 0 Å². The first-order valence-corrected chi connectivity index (χ1v) is 7.11. The Bertz CT molecular complexity index is 560. The Morgan fingerprint density at radius 1 is 1.32 bits per heavy atom. The molecule has 100 valence electrons. The third-order valence-corrected chi connectivity index (χ3v) is 3.67. The highest BCUT2D eigenvalue weighted by atomic mass is 16.5. The molecule has 0 atom stereocenters. The normalized spacial score (nSPS) is 13.3. The molecule has 0 amide bonds. The predicted molar refractivity (Wildman–Crippen MR) is 75.6 cm³/mol. The first-order valence-electron chi connectivity index (χ1n) is 7.11. The number of hydrogen-bond donors (Lipinski definition) is 0. The van der Waals surface area contributed by atoms with Crippen molar-refractivity contribution in [1.29, 1.82) is 0 Å². The molecule has 1 aromatic heterocycles. The van der Waals surface area contributed by atoms with Crippen LogP contribution >= 0.6 is 0 Å². The van der Waals surface area contributed by atoms with Gasteiger partial charge in [0.25, 0.3) is 0 Å². The molecule has 2 heterocycles. The second-order valence-electron chi connectivity index (χ2n) is 5.08. The number of rotatable bonds is 5. The summed E-state index contributed by atoms with van der Waals surface area (Å²) in [5, 5.41) is 0. The topological polar surface area (TPSA) is 27.1 Å². The smallest absolute Gasteiger partial charge is 0.122 e. The highest BCUT2D eigenvalue weighted by Gasteiger charge is 2.12. The number of imidazole rings is 1. The van der Waals surface area contributed by atoms with E-state index in [1.807, 2.05) is 6.20 Å². The molecule has 0 bridgehead atoms. The summed E-state index contributed by atoms with van der Waals surface area (Å²) in [6.07, 6.45) is 8.30. The van der Waals surface area contributed by atoms with Crippen LogP contribution in [0.25, 0.3) is 0 Å². The van der Waals surface area contributed by atoms with E-state index in [1.54, 1.807) is 0 Å². The summed E-state index contributed by atoms with van der Waals surface area (Å²) >= 11 is 0. The molecule has 19 heavy (non-hydrogen) atoms. The number of ether oxygens (including phenoxy) is 1. The van der Waals surface area contributed by atoms with Crippen LogP contribution in [0.3, 0.4) is 0 Å². The van der Waals surface area contributed by atoms with Crippen LogP contribution in [0.2, 0.25) is 0 Å². The molecule has 0 spiro atoms. The number of fused-ring (bicyclic) bond motifs is 1. The summed E-state index contributed by atoms with van der Waals surface area (Å²) < 4.78 is 7.81. The molecular formula is C16H20N2O. The Hall–Kier alpha value is -1.77. The molecule has 0 radical (unpaired) electrons. The van der Waals surface area contributed by atoms with E-state index in [0.29, 0.717) is 0 Å². The van der Waals surface area contributed by atoms with E-state index in [1.165, 1.54) is 17.0 Å². The van der Waals surface area contributed by atoms with Gasteiger partial charge in [0.1, 0.15) is 11.6 Å². The maximum absolute atomic E-state index is 5.54. The zero-order valence-electron chi connectivity index (χ0n) is 11.4. The van der Waals surface area contributed by atoms with E-state index >= 15 is 0 Å². The van der Waals surface area contributed by atoms with Gasteiger partial charge in [-0.3, -0.25) is 0 Å². The Morgan fingerprint density at radius 2 is 2.26 bits per heavy atom. The average molecular weight is 256 g/mol. The fourth-order valence-corrected chi connectivity index (χ4v) is 2.64. The fourth-order valence-electron chi connectivity index (χ4n) is 2.64. The lowest BCUT2D eigenvalue weighted by molar-refractivity contribution is 0.357. The third kappa shape index (κ3) is 2.65. The average Bonchev–Trinajstić information content (AvgIpc) is 3.05.